The van der Waals surface area contributed by atoms with Crippen molar-refractivity contribution < 1.29 is 9.18 Å². The van der Waals surface area contributed by atoms with E-state index >= 15 is 0 Å². The third-order valence-electron chi connectivity index (χ3n) is 6.90. The van der Waals surface area contributed by atoms with Gasteiger partial charge >= 0.3 is 0 Å². The van der Waals surface area contributed by atoms with Gasteiger partial charge in [-0.15, -0.1) is 0 Å². The van der Waals surface area contributed by atoms with Crippen LogP contribution in [0.3, 0.4) is 0 Å². The fraction of sp³-hybridized carbons (Fsp3) is 0.609. The predicted molar refractivity (Wildman–Crippen MR) is 105 cm³/mol. The van der Waals surface area contributed by atoms with Gasteiger partial charge in [0, 0.05) is 30.7 Å². The summed E-state index contributed by atoms with van der Waals surface area (Å²) in [5.74, 6) is 0.577. The van der Waals surface area contributed by atoms with Crippen LogP contribution in [-0.4, -0.2) is 28.0 Å². The van der Waals surface area contributed by atoms with Gasteiger partial charge in [-0.2, -0.15) is 0 Å². The summed E-state index contributed by atoms with van der Waals surface area (Å²) >= 11 is 0. The van der Waals surface area contributed by atoms with Crippen LogP contribution < -0.4 is 0 Å². The van der Waals surface area contributed by atoms with Crippen LogP contribution in [0.2, 0.25) is 0 Å². The summed E-state index contributed by atoms with van der Waals surface area (Å²) in [6.07, 6.45) is 7.82. The van der Waals surface area contributed by atoms with E-state index in [1.807, 2.05) is 6.20 Å². The molecule has 3 nitrogen and oxygen atoms in total. The Hall–Kier alpha value is -1.84. The first-order valence-corrected chi connectivity index (χ1v) is 10.3. The van der Waals surface area contributed by atoms with Crippen molar-refractivity contribution in [2.24, 2.45) is 16.7 Å². The van der Waals surface area contributed by atoms with Crippen LogP contribution in [0.15, 0.2) is 24.4 Å². The number of hydrogen-bond donors (Lipinski definition) is 0. The molecular formula is C23H29FN2O. The molecule has 0 spiro atoms. The zero-order chi connectivity index (χ0) is 19.0. The number of amides is 1. The lowest BCUT2D eigenvalue weighted by Crippen LogP contribution is -2.37. The highest BCUT2D eigenvalue weighted by Gasteiger charge is 2.51. The molecule has 2 unspecified atom stereocenters. The van der Waals surface area contributed by atoms with Crippen molar-refractivity contribution in [1.82, 2.24) is 9.47 Å². The number of benzene rings is 1. The molecule has 2 aromatic rings. The van der Waals surface area contributed by atoms with Gasteiger partial charge in [-0.3, -0.25) is 4.79 Å². The molecule has 3 aliphatic rings. The number of carbonyl (C=O) groups excluding carboxylic acids is 1. The first-order valence-electron chi connectivity index (χ1n) is 10.3. The molecule has 1 aromatic heterocycles. The highest BCUT2D eigenvalue weighted by Crippen LogP contribution is 2.52. The van der Waals surface area contributed by atoms with Crippen LogP contribution in [0.4, 0.5) is 4.39 Å². The molecule has 0 radical (unpaired) electrons. The quantitative estimate of drug-likeness (QED) is 0.728. The lowest BCUT2D eigenvalue weighted by molar-refractivity contribution is 0.0710. The third-order valence-corrected chi connectivity index (χ3v) is 6.90. The fourth-order valence-electron chi connectivity index (χ4n) is 6.02. The van der Waals surface area contributed by atoms with E-state index < -0.39 is 0 Å². The molecule has 5 rings (SSSR count). The second-order valence-corrected chi connectivity index (χ2v) is 10.4. The lowest BCUT2D eigenvalue weighted by atomic mass is 9.65. The molecule has 0 N–H and O–H groups in total. The Morgan fingerprint density at radius 1 is 1.22 bits per heavy atom. The van der Waals surface area contributed by atoms with Gasteiger partial charge in [0.1, 0.15) is 5.82 Å². The van der Waals surface area contributed by atoms with Crippen LogP contribution in [0.5, 0.6) is 0 Å². The number of hydrogen-bond acceptors (Lipinski definition) is 1. The normalized spacial score (nSPS) is 29.5. The van der Waals surface area contributed by atoms with E-state index in [9.17, 15) is 9.18 Å². The number of nitrogens with zero attached hydrogens (tertiary/aromatic N) is 2. The summed E-state index contributed by atoms with van der Waals surface area (Å²) in [7, 11) is 0. The van der Waals surface area contributed by atoms with Crippen molar-refractivity contribution >= 4 is 16.8 Å². The van der Waals surface area contributed by atoms with Gasteiger partial charge in [-0.1, -0.05) is 20.8 Å². The highest BCUT2D eigenvalue weighted by molar-refractivity contribution is 6.07. The molecule has 2 aliphatic carbocycles. The SMILES string of the molecule is CC1(C)CC2CC(C)(CN2C(=O)c2cn(CC3CC3)c3cc(F)ccc23)C1. The summed E-state index contributed by atoms with van der Waals surface area (Å²) in [6, 6.07) is 5.18. The maximum absolute atomic E-state index is 13.9. The lowest BCUT2D eigenvalue weighted by Gasteiger charge is -2.39. The van der Waals surface area contributed by atoms with Crippen molar-refractivity contribution in [2.75, 3.05) is 6.54 Å². The van der Waals surface area contributed by atoms with Gasteiger partial charge in [-0.25, -0.2) is 4.39 Å². The minimum atomic E-state index is -0.233. The van der Waals surface area contributed by atoms with Crippen LogP contribution >= 0.6 is 0 Å². The minimum Gasteiger partial charge on any atom is -0.346 e. The molecule has 1 aromatic carbocycles. The average molecular weight is 368 g/mol. The molecule has 2 saturated carbocycles. The Morgan fingerprint density at radius 3 is 2.74 bits per heavy atom. The van der Waals surface area contributed by atoms with E-state index in [1.54, 1.807) is 12.1 Å². The summed E-state index contributed by atoms with van der Waals surface area (Å²) in [5, 5.41) is 0.896. The van der Waals surface area contributed by atoms with Crippen LogP contribution in [0.25, 0.3) is 10.9 Å². The number of carbonyl (C=O) groups is 1. The van der Waals surface area contributed by atoms with E-state index in [-0.39, 0.29) is 22.6 Å². The van der Waals surface area contributed by atoms with Crippen LogP contribution in [-0.2, 0) is 6.54 Å². The zero-order valence-electron chi connectivity index (χ0n) is 16.6. The van der Waals surface area contributed by atoms with Crippen molar-refractivity contribution in [3.63, 3.8) is 0 Å². The first kappa shape index (κ1) is 17.3. The summed E-state index contributed by atoms with van der Waals surface area (Å²) in [6.45, 7) is 8.73. The fourth-order valence-corrected chi connectivity index (χ4v) is 6.02. The van der Waals surface area contributed by atoms with Crippen molar-refractivity contribution in [2.45, 2.75) is 65.5 Å². The zero-order valence-corrected chi connectivity index (χ0v) is 16.6. The van der Waals surface area contributed by atoms with Gasteiger partial charge in [0.15, 0.2) is 0 Å². The minimum absolute atomic E-state index is 0.132. The summed E-state index contributed by atoms with van der Waals surface area (Å²) in [5.41, 5.74) is 2.12. The van der Waals surface area contributed by atoms with E-state index in [4.69, 9.17) is 0 Å². The van der Waals surface area contributed by atoms with Gasteiger partial charge in [0.05, 0.1) is 11.1 Å². The average Bonchev–Trinajstić information content (AvgIpc) is 3.25. The Labute approximate surface area is 160 Å². The number of fused-ring (bicyclic) bond motifs is 3. The summed E-state index contributed by atoms with van der Waals surface area (Å²) in [4.78, 5) is 15.7. The molecule has 3 fully saturated rings. The Kier molecular flexibility index (Phi) is 3.57. The second kappa shape index (κ2) is 5.59. The Morgan fingerprint density at radius 2 is 2.00 bits per heavy atom. The molecule has 2 bridgehead atoms. The van der Waals surface area contributed by atoms with Gasteiger partial charge in [0.25, 0.3) is 5.91 Å². The van der Waals surface area contributed by atoms with Gasteiger partial charge < -0.3 is 9.47 Å². The largest absolute Gasteiger partial charge is 0.346 e. The van der Waals surface area contributed by atoms with Crippen molar-refractivity contribution in [3.05, 3.63) is 35.8 Å². The molecule has 1 amide bonds. The first-order chi connectivity index (χ1) is 12.7. The predicted octanol–water partition coefficient (Wildman–Crippen LogP) is 5.23. The van der Waals surface area contributed by atoms with Gasteiger partial charge in [-0.05, 0) is 67.1 Å². The molecule has 1 saturated heterocycles. The maximum atomic E-state index is 13.9. The van der Waals surface area contributed by atoms with Crippen LogP contribution in [0, 0.1) is 22.6 Å². The maximum Gasteiger partial charge on any atom is 0.256 e. The molecule has 144 valence electrons. The van der Waals surface area contributed by atoms with E-state index in [2.05, 4.69) is 30.2 Å². The molecule has 4 heteroatoms. The standard InChI is InChI=1S/C23H29FN2O/c1-22(2)9-17-10-23(3,13-22)14-26(17)21(27)19-12-25(11-15-4-5-15)20-8-16(24)6-7-18(19)20/h6-8,12,15,17H,4-5,9-11,13-14H2,1-3H3. The number of aromatic nitrogens is 1. The molecule has 1 aliphatic heterocycles. The van der Waals surface area contributed by atoms with E-state index in [0.717, 1.165) is 42.4 Å². The summed E-state index contributed by atoms with van der Waals surface area (Å²) < 4.78 is 16.0. The second-order valence-electron chi connectivity index (χ2n) is 10.4. The molecular weight excluding hydrogens is 339 g/mol. The smallest absolute Gasteiger partial charge is 0.256 e. The topological polar surface area (TPSA) is 25.2 Å². The number of rotatable bonds is 3. The van der Waals surface area contributed by atoms with Crippen molar-refractivity contribution in [3.8, 4) is 0 Å². The molecule has 2 atom stereocenters. The highest BCUT2D eigenvalue weighted by atomic mass is 19.1. The third kappa shape index (κ3) is 2.97. The van der Waals surface area contributed by atoms with Gasteiger partial charge in [0.2, 0.25) is 0 Å². The molecule has 27 heavy (non-hydrogen) atoms. The Bertz CT molecular complexity index is 926. The van der Waals surface area contributed by atoms with Crippen molar-refractivity contribution in [1.29, 1.82) is 0 Å². The van der Waals surface area contributed by atoms with Crippen LogP contribution in [0.1, 0.15) is 63.2 Å². The van der Waals surface area contributed by atoms with E-state index in [1.165, 1.54) is 25.3 Å². The number of likely N-dealkylation sites (tertiary alicyclic amines) is 1. The monoisotopic (exact) mass is 368 g/mol. The number of halogens is 1. The Balaban J connectivity index is 1.53. The molecule has 2 heterocycles. The van der Waals surface area contributed by atoms with E-state index in [0.29, 0.717) is 12.0 Å².